The van der Waals surface area contributed by atoms with Gasteiger partial charge in [-0.15, -0.1) is 0 Å². The maximum Gasteiger partial charge on any atom is 0.257 e. The van der Waals surface area contributed by atoms with E-state index in [4.69, 9.17) is 4.74 Å². The minimum Gasteiger partial charge on any atom is -0.347 e. The summed E-state index contributed by atoms with van der Waals surface area (Å²) in [7, 11) is 0. The van der Waals surface area contributed by atoms with Crippen LogP contribution < -0.4 is 0 Å². The van der Waals surface area contributed by atoms with E-state index in [0.717, 1.165) is 29.7 Å². The fourth-order valence-electron chi connectivity index (χ4n) is 3.85. The highest BCUT2D eigenvalue weighted by atomic mass is 16.5. The summed E-state index contributed by atoms with van der Waals surface area (Å²) in [6.07, 6.45) is 0.877. The molecule has 2 aliphatic rings. The average Bonchev–Trinajstić information content (AvgIpc) is 2.85. The Kier molecular flexibility index (Phi) is 3.33. The molecule has 0 radical (unpaired) electrons. The monoisotopic (exact) mass is 321 g/mol. The first-order valence-electron chi connectivity index (χ1n) is 8.61. The number of carbonyl (C=O) groups excluding carboxylic acids is 1. The second-order valence-corrected chi connectivity index (χ2v) is 7.68. The van der Waals surface area contributed by atoms with Crippen LogP contribution in [0.15, 0.2) is 48.5 Å². The van der Waals surface area contributed by atoms with Gasteiger partial charge in [-0.3, -0.25) is 4.79 Å². The van der Waals surface area contributed by atoms with E-state index in [2.05, 4.69) is 45.0 Å². The van der Waals surface area contributed by atoms with Crippen molar-refractivity contribution in [3.63, 3.8) is 0 Å². The number of carbonyl (C=O) groups is 1. The molecule has 0 N–H and O–H groups in total. The molecule has 1 unspecified atom stereocenters. The van der Waals surface area contributed by atoms with Crippen LogP contribution in [0.3, 0.4) is 0 Å². The lowest BCUT2D eigenvalue weighted by atomic mass is 9.84. The fraction of sp³-hybridized carbons (Fsp3) is 0.381. The van der Waals surface area contributed by atoms with E-state index >= 15 is 0 Å². The summed E-state index contributed by atoms with van der Waals surface area (Å²) < 4.78 is 6.30. The third-order valence-corrected chi connectivity index (χ3v) is 5.13. The van der Waals surface area contributed by atoms with E-state index in [-0.39, 0.29) is 11.3 Å². The van der Waals surface area contributed by atoms with Gasteiger partial charge in [0.2, 0.25) is 0 Å². The summed E-state index contributed by atoms with van der Waals surface area (Å²) in [5.74, 6) is 0.0743. The van der Waals surface area contributed by atoms with Crippen molar-refractivity contribution in [2.75, 3.05) is 13.2 Å². The van der Waals surface area contributed by atoms with E-state index in [9.17, 15) is 4.79 Å². The van der Waals surface area contributed by atoms with Gasteiger partial charge in [0, 0.05) is 23.2 Å². The molecular weight excluding hydrogens is 298 g/mol. The molecular formula is C21H23NO2. The van der Waals surface area contributed by atoms with Gasteiger partial charge in [-0.1, -0.05) is 63.2 Å². The van der Waals surface area contributed by atoms with E-state index in [1.165, 1.54) is 5.56 Å². The highest BCUT2D eigenvalue weighted by molar-refractivity contribution is 6.00. The zero-order valence-corrected chi connectivity index (χ0v) is 14.5. The van der Waals surface area contributed by atoms with Crippen molar-refractivity contribution in [1.82, 2.24) is 4.90 Å². The third-order valence-electron chi connectivity index (χ3n) is 5.13. The van der Waals surface area contributed by atoms with Crippen LogP contribution in [0, 0.1) is 0 Å². The Balaban J connectivity index is 1.89. The molecule has 0 bridgehead atoms. The van der Waals surface area contributed by atoms with Crippen LogP contribution in [0.5, 0.6) is 0 Å². The molecule has 1 amide bonds. The SMILES string of the molecule is CC(C)(C)c1ccc(C23OCCCN2C(=O)c2ccccc23)cc1. The number of benzene rings is 2. The maximum atomic E-state index is 12.9. The van der Waals surface area contributed by atoms with Crippen molar-refractivity contribution in [1.29, 1.82) is 0 Å². The molecule has 1 fully saturated rings. The van der Waals surface area contributed by atoms with Crippen molar-refractivity contribution >= 4 is 5.91 Å². The summed E-state index contributed by atoms with van der Waals surface area (Å²) in [4.78, 5) is 14.8. The average molecular weight is 321 g/mol. The molecule has 2 heterocycles. The second kappa shape index (κ2) is 5.18. The first-order valence-corrected chi connectivity index (χ1v) is 8.61. The van der Waals surface area contributed by atoms with Gasteiger partial charge in [-0.25, -0.2) is 0 Å². The Morgan fingerprint density at radius 3 is 2.46 bits per heavy atom. The van der Waals surface area contributed by atoms with E-state index in [0.29, 0.717) is 6.61 Å². The van der Waals surface area contributed by atoms with Crippen molar-refractivity contribution < 1.29 is 9.53 Å². The van der Waals surface area contributed by atoms with Gasteiger partial charge in [-0.05, 0) is 23.5 Å². The number of rotatable bonds is 1. The number of nitrogens with zero attached hydrogens (tertiary/aromatic N) is 1. The van der Waals surface area contributed by atoms with Gasteiger partial charge in [0.25, 0.3) is 5.91 Å². The van der Waals surface area contributed by atoms with Gasteiger partial charge in [0.15, 0.2) is 5.72 Å². The lowest BCUT2D eigenvalue weighted by Gasteiger charge is -2.43. The standard InChI is InChI=1S/C21H23NO2/c1-20(2,3)15-9-11-16(12-10-15)21-18-8-5-4-7-17(18)19(23)22(21)13-6-14-24-21/h4-5,7-12H,6,13-14H2,1-3H3. The van der Waals surface area contributed by atoms with Crippen molar-refractivity contribution in [2.24, 2.45) is 0 Å². The molecule has 24 heavy (non-hydrogen) atoms. The van der Waals surface area contributed by atoms with Crippen LogP contribution >= 0.6 is 0 Å². The zero-order valence-electron chi connectivity index (χ0n) is 14.5. The predicted octanol–water partition coefficient (Wildman–Crippen LogP) is 4.06. The van der Waals surface area contributed by atoms with Crippen LogP contribution in [0.1, 0.15) is 54.2 Å². The fourth-order valence-corrected chi connectivity index (χ4v) is 3.85. The van der Waals surface area contributed by atoms with E-state index in [1.54, 1.807) is 0 Å². The molecule has 3 nitrogen and oxygen atoms in total. The minimum atomic E-state index is -0.762. The lowest BCUT2D eigenvalue weighted by Crippen LogP contribution is -2.50. The molecule has 2 aliphatic heterocycles. The highest BCUT2D eigenvalue weighted by Crippen LogP contribution is 2.47. The Bertz CT molecular complexity index is 788. The molecule has 0 aromatic heterocycles. The summed E-state index contributed by atoms with van der Waals surface area (Å²) in [5.41, 5.74) is 3.39. The molecule has 2 aromatic carbocycles. The van der Waals surface area contributed by atoms with Gasteiger partial charge in [-0.2, -0.15) is 0 Å². The normalized spacial score (nSPS) is 23.1. The number of hydrogen-bond acceptors (Lipinski definition) is 2. The Labute approximate surface area is 143 Å². The van der Waals surface area contributed by atoms with Gasteiger partial charge < -0.3 is 9.64 Å². The third kappa shape index (κ3) is 2.04. The Morgan fingerprint density at radius 2 is 1.75 bits per heavy atom. The van der Waals surface area contributed by atoms with Gasteiger partial charge >= 0.3 is 0 Å². The topological polar surface area (TPSA) is 29.5 Å². The predicted molar refractivity (Wildman–Crippen MR) is 94.0 cm³/mol. The second-order valence-electron chi connectivity index (χ2n) is 7.68. The summed E-state index contributed by atoms with van der Waals surface area (Å²) >= 11 is 0. The van der Waals surface area contributed by atoms with Crippen LogP contribution in [-0.4, -0.2) is 24.0 Å². The highest BCUT2D eigenvalue weighted by Gasteiger charge is 2.53. The van der Waals surface area contributed by atoms with Crippen LogP contribution in [0.2, 0.25) is 0 Å². The first kappa shape index (κ1) is 15.4. The molecule has 0 aliphatic carbocycles. The maximum absolute atomic E-state index is 12.9. The summed E-state index contributed by atoms with van der Waals surface area (Å²) in [6, 6.07) is 16.4. The molecule has 1 saturated heterocycles. The van der Waals surface area contributed by atoms with Gasteiger partial charge in [0.1, 0.15) is 0 Å². The quantitative estimate of drug-likeness (QED) is 0.792. The number of hydrogen-bond donors (Lipinski definition) is 0. The van der Waals surface area contributed by atoms with Crippen LogP contribution in [-0.2, 0) is 15.9 Å². The number of amides is 1. The van der Waals surface area contributed by atoms with Gasteiger partial charge in [0.05, 0.1) is 6.61 Å². The summed E-state index contributed by atoms with van der Waals surface area (Å²) in [5, 5.41) is 0. The molecule has 1 atom stereocenters. The molecule has 0 saturated carbocycles. The van der Waals surface area contributed by atoms with E-state index in [1.807, 2.05) is 29.2 Å². The largest absolute Gasteiger partial charge is 0.347 e. The number of fused-ring (bicyclic) bond motifs is 3. The molecule has 3 heteroatoms. The molecule has 124 valence electrons. The summed E-state index contributed by atoms with van der Waals surface area (Å²) in [6.45, 7) is 8.02. The van der Waals surface area contributed by atoms with E-state index < -0.39 is 5.72 Å². The molecule has 4 rings (SSSR count). The van der Waals surface area contributed by atoms with Crippen LogP contribution in [0.4, 0.5) is 0 Å². The Morgan fingerprint density at radius 1 is 1.04 bits per heavy atom. The first-order chi connectivity index (χ1) is 11.4. The zero-order chi connectivity index (χ0) is 16.9. The van der Waals surface area contributed by atoms with Crippen molar-refractivity contribution in [3.05, 3.63) is 70.8 Å². The van der Waals surface area contributed by atoms with Crippen LogP contribution in [0.25, 0.3) is 0 Å². The van der Waals surface area contributed by atoms with Crippen molar-refractivity contribution in [3.8, 4) is 0 Å². The minimum absolute atomic E-state index is 0.0743. The number of ether oxygens (including phenoxy) is 1. The smallest absolute Gasteiger partial charge is 0.257 e. The molecule has 0 spiro atoms. The lowest BCUT2D eigenvalue weighted by molar-refractivity contribution is -0.137. The van der Waals surface area contributed by atoms with Crippen molar-refractivity contribution in [2.45, 2.75) is 38.3 Å². The Hall–Kier alpha value is -2.13. The molecule has 2 aromatic rings.